The molecule has 0 unspecified atom stereocenters. The van der Waals surface area contributed by atoms with Crippen LogP contribution in [-0.4, -0.2) is 23.6 Å². The number of nitrogens with zero attached hydrogens (tertiary/aromatic N) is 2. The van der Waals surface area contributed by atoms with Crippen LogP contribution >= 0.6 is 7.14 Å². The molecule has 0 aliphatic rings. The Balaban J connectivity index is 4.55. The summed E-state index contributed by atoms with van der Waals surface area (Å²) in [5, 5.41) is 0. The van der Waals surface area contributed by atoms with Crippen LogP contribution in [0.3, 0.4) is 0 Å². The van der Waals surface area contributed by atoms with Gasteiger partial charge in [-0.15, -0.1) is 0 Å². The number of hydrogen-bond donors (Lipinski definition) is 0. The summed E-state index contributed by atoms with van der Waals surface area (Å²) >= 11 is 0. The lowest BCUT2D eigenvalue weighted by Gasteiger charge is -1.95. The maximum Gasteiger partial charge on any atom is 0.323 e. The lowest BCUT2D eigenvalue weighted by Crippen LogP contribution is -1.96. The molecule has 4 heteroatoms. The van der Waals surface area contributed by atoms with Crippen molar-refractivity contribution < 1.29 is 9.35 Å². The molecule has 0 rings (SSSR count). The Labute approximate surface area is 55.1 Å². The standard InChI is InChI=1S/C5H11N2OP/c1-4-5(7-6)9(2,3)8/h4H2,1-3H3. The van der Waals surface area contributed by atoms with Crippen LogP contribution in [0.1, 0.15) is 13.3 Å². The molecule has 0 N–H and O–H groups in total. The van der Waals surface area contributed by atoms with Gasteiger partial charge in [-0.1, -0.05) is 6.92 Å². The first-order valence-electron chi connectivity index (χ1n) is 2.78. The van der Waals surface area contributed by atoms with E-state index in [1.165, 1.54) is 0 Å². The van der Waals surface area contributed by atoms with Gasteiger partial charge in [0.1, 0.15) is 0 Å². The van der Waals surface area contributed by atoms with Crippen molar-refractivity contribution in [2.45, 2.75) is 13.3 Å². The zero-order valence-electron chi connectivity index (χ0n) is 5.96. The van der Waals surface area contributed by atoms with Crippen LogP contribution in [0, 0.1) is 0 Å². The Kier molecular flexibility index (Phi) is 2.83. The molecule has 0 aliphatic carbocycles. The van der Waals surface area contributed by atoms with Crippen molar-refractivity contribution in [1.82, 2.24) is 0 Å². The van der Waals surface area contributed by atoms with Gasteiger partial charge in [-0.05, 0) is 13.3 Å². The molecular formula is C5H11N2OP. The quantitative estimate of drug-likeness (QED) is 0.253. The molecule has 52 valence electrons. The molecular weight excluding hydrogens is 135 g/mol. The normalized spacial score (nSPS) is 10.6. The van der Waals surface area contributed by atoms with E-state index in [1.807, 2.05) is 6.92 Å². The van der Waals surface area contributed by atoms with Crippen LogP contribution in [0.15, 0.2) is 0 Å². The van der Waals surface area contributed by atoms with Crippen LogP contribution in [0.5, 0.6) is 0 Å². The molecule has 0 heterocycles. The van der Waals surface area contributed by atoms with Gasteiger partial charge in [0, 0.05) is 6.42 Å². The fraction of sp³-hybridized carbons (Fsp3) is 0.800. The monoisotopic (exact) mass is 146 g/mol. The van der Waals surface area contributed by atoms with Crippen LogP contribution in [-0.2, 0) is 4.57 Å². The van der Waals surface area contributed by atoms with Crippen LogP contribution in [0.25, 0.3) is 5.53 Å². The van der Waals surface area contributed by atoms with Gasteiger partial charge < -0.3 is 10.1 Å². The van der Waals surface area contributed by atoms with Gasteiger partial charge in [0.2, 0.25) is 0 Å². The Bertz CT molecular complexity index is 187. The van der Waals surface area contributed by atoms with Gasteiger partial charge in [0.05, 0.1) is 0 Å². The molecule has 0 aromatic carbocycles. The second kappa shape index (κ2) is 2.95. The molecule has 0 saturated heterocycles. The largest absolute Gasteiger partial charge is 0.361 e. The number of hydrogen-bond acceptors (Lipinski definition) is 1. The minimum atomic E-state index is -2.28. The number of rotatable bonds is 2. The van der Waals surface area contributed by atoms with E-state index in [4.69, 9.17) is 5.53 Å². The van der Waals surface area contributed by atoms with E-state index in [-0.39, 0.29) is 0 Å². The van der Waals surface area contributed by atoms with Crippen LogP contribution in [0.4, 0.5) is 0 Å². The Morgan fingerprint density at radius 3 is 2.11 bits per heavy atom. The van der Waals surface area contributed by atoms with Crippen molar-refractivity contribution in [2.75, 3.05) is 13.3 Å². The van der Waals surface area contributed by atoms with E-state index in [0.717, 1.165) is 0 Å². The van der Waals surface area contributed by atoms with Gasteiger partial charge in [-0.3, -0.25) is 0 Å². The molecule has 0 fully saturated rings. The lowest BCUT2D eigenvalue weighted by atomic mass is 10.5. The summed E-state index contributed by atoms with van der Waals surface area (Å²) in [5.74, 6) is 0. The maximum absolute atomic E-state index is 11.1. The van der Waals surface area contributed by atoms with E-state index >= 15 is 0 Å². The summed E-state index contributed by atoms with van der Waals surface area (Å²) in [4.78, 5) is 2.93. The lowest BCUT2D eigenvalue weighted by molar-refractivity contribution is -0.00306. The zero-order chi connectivity index (χ0) is 7.49. The Hall–Kier alpha value is -0.390. The molecule has 0 amide bonds. The minimum Gasteiger partial charge on any atom is -0.361 e. The van der Waals surface area contributed by atoms with Crippen molar-refractivity contribution in [3.8, 4) is 0 Å². The first-order chi connectivity index (χ1) is 4.02. The fourth-order valence-corrected chi connectivity index (χ4v) is 1.54. The highest BCUT2D eigenvalue weighted by Gasteiger charge is 2.22. The second-order valence-electron chi connectivity index (χ2n) is 2.22. The zero-order valence-corrected chi connectivity index (χ0v) is 6.85. The molecule has 9 heavy (non-hydrogen) atoms. The van der Waals surface area contributed by atoms with Gasteiger partial charge in [0.15, 0.2) is 7.14 Å². The van der Waals surface area contributed by atoms with E-state index in [0.29, 0.717) is 11.9 Å². The van der Waals surface area contributed by atoms with Crippen molar-refractivity contribution in [1.29, 1.82) is 0 Å². The smallest absolute Gasteiger partial charge is 0.323 e. The first kappa shape index (κ1) is 8.61. The summed E-state index contributed by atoms with van der Waals surface area (Å²) in [6.07, 6.45) is 0.556. The highest BCUT2D eigenvalue weighted by molar-refractivity contribution is 7.79. The summed E-state index contributed by atoms with van der Waals surface area (Å²) < 4.78 is 11.1. The molecule has 0 atom stereocenters. The van der Waals surface area contributed by atoms with Crippen LogP contribution in [0.2, 0.25) is 0 Å². The average Bonchev–Trinajstić information content (AvgIpc) is 1.65. The third-order valence-corrected chi connectivity index (χ3v) is 2.70. The van der Waals surface area contributed by atoms with Crippen molar-refractivity contribution in [3.63, 3.8) is 0 Å². The highest BCUT2D eigenvalue weighted by atomic mass is 31.2. The Morgan fingerprint density at radius 1 is 1.67 bits per heavy atom. The third kappa shape index (κ3) is 2.59. The summed E-state index contributed by atoms with van der Waals surface area (Å²) in [7, 11) is -2.28. The molecule has 0 aromatic rings. The molecule has 0 aliphatic heterocycles. The molecule has 0 saturated carbocycles. The second-order valence-corrected chi connectivity index (χ2v) is 5.44. The Morgan fingerprint density at radius 2 is 2.11 bits per heavy atom. The summed E-state index contributed by atoms with van der Waals surface area (Å²) in [5.41, 5.74) is 8.68. The molecule has 0 radical (unpaired) electrons. The van der Waals surface area contributed by atoms with Crippen molar-refractivity contribution in [3.05, 3.63) is 5.53 Å². The summed E-state index contributed by atoms with van der Waals surface area (Å²) in [6, 6.07) is 0. The van der Waals surface area contributed by atoms with Gasteiger partial charge in [-0.25, -0.2) is 0 Å². The van der Waals surface area contributed by atoms with Crippen molar-refractivity contribution >= 4 is 12.6 Å². The van der Waals surface area contributed by atoms with E-state index < -0.39 is 7.14 Å². The fourth-order valence-electron chi connectivity index (χ4n) is 0.559. The molecule has 3 nitrogen and oxygen atoms in total. The van der Waals surface area contributed by atoms with E-state index in [1.54, 1.807) is 13.3 Å². The summed E-state index contributed by atoms with van der Waals surface area (Å²) in [6.45, 7) is 4.99. The average molecular weight is 146 g/mol. The molecule has 0 spiro atoms. The predicted molar refractivity (Wildman–Crippen MR) is 38.4 cm³/mol. The van der Waals surface area contributed by atoms with Gasteiger partial charge in [-0.2, -0.15) is 4.79 Å². The third-order valence-electron chi connectivity index (χ3n) is 1.05. The first-order valence-corrected chi connectivity index (χ1v) is 5.39. The minimum absolute atomic E-state index is 0.405. The maximum atomic E-state index is 11.1. The SMILES string of the molecule is CCC(=[N+]=[N-])P(C)(C)=O. The van der Waals surface area contributed by atoms with E-state index in [2.05, 4.69) is 4.79 Å². The van der Waals surface area contributed by atoms with Crippen molar-refractivity contribution in [2.24, 2.45) is 0 Å². The molecule has 0 aromatic heterocycles. The topological polar surface area (TPSA) is 53.5 Å². The van der Waals surface area contributed by atoms with Gasteiger partial charge >= 0.3 is 5.45 Å². The predicted octanol–water partition coefficient (Wildman–Crippen LogP) is 1.65. The highest BCUT2D eigenvalue weighted by Crippen LogP contribution is 2.37. The molecule has 0 bridgehead atoms. The van der Waals surface area contributed by atoms with Gasteiger partial charge in [0.25, 0.3) is 0 Å². The van der Waals surface area contributed by atoms with E-state index in [9.17, 15) is 4.57 Å². The van der Waals surface area contributed by atoms with Crippen LogP contribution < -0.4 is 0 Å².